The van der Waals surface area contributed by atoms with Crippen LogP contribution >= 0.6 is 0 Å². The van der Waals surface area contributed by atoms with Crippen molar-refractivity contribution >= 4 is 11.4 Å². The number of nitrogens with zero attached hydrogens (tertiary/aromatic N) is 3. The zero-order valence-corrected chi connectivity index (χ0v) is 10.8. The Bertz CT molecular complexity index is 524. The van der Waals surface area contributed by atoms with E-state index in [1.54, 1.807) is 12.1 Å². The van der Waals surface area contributed by atoms with Crippen LogP contribution in [0.3, 0.4) is 0 Å². The normalized spacial score (nSPS) is 18.3. The first-order chi connectivity index (χ1) is 9.17. The van der Waals surface area contributed by atoms with Crippen LogP contribution in [0, 0.1) is 21.4 Å². The molecule has 1 aliphatic heterocycles. The molecule has 0 radical (unpaired) electrons. The Hall–Kier alpha value is -2.13. The van der Waals surface area contributed by atoms with Crippen molar-refractivity contribution in [2.75, 3.05) is 25.0 Å². The van der Waals surface area contributed by atoms with Crippen LogP contribution in [0.15, 0.2) is 18.2 Å². The third-order valence-electron chi connectivity index (χ3n) is 3.43. The molecule has 0 bridgehead atoms. The van der Waals surface area contributed by atoms with Crippen LogP contribution in [-0.2, 0) is 0 Å². The van der Waals surface area contributed by atoms with Crippen LogP contribution in [0.1, 0.15) is 18.4 Å². The van der Waals surface area contributed by atoms with Crippen LogP contribution in [0.5, 0.6) is 0 Å². The monoisotopic (exact) mass is 260 g/mol. The van der Waals surface area contributed by atoms with E-state index in [2.05, 4.69) is 10.2 Å². The second-order valence-electron chi connectivity index (χ2n) is 4.62. The molecule has 19 heavy (non-hydrogen) atoms. The molecule has 1 aliphatic rings. The topological polar surface area (TPSA) is 82.2 Å². The van der Waals surface area contributed by atoms with Gasteiger partial charge in [0, 0.05) is 25.2 Å². The Morgan fingerprint density at radius 1 is 1.63 bits per heavy atom. The highest BCUT2D eigenvalue weighted by Crippen LogP contribution is 2.34. The highest BCUT2D eigenvalue weighted by molar-refractivity contribution is 5.66. The van der Waals surface area contributed by atoms with Crippen LogP contribution in [-0.4, -0.2) is 31.1 Å². The maximum Gasteiger partial charge on any atom is 0.293 e. The van der Waals surface area contributed by atoms with Crippen molar-refractivity contribution in [3.63, 3.8) is 0 Å². The van der Waals surface area contributed by atoms with Crippen molar-refractivity contribution < 1.29 is 4.92 Å². The Morgan fingerprint density at radius 3 is 3.05 bits per heavy atom. The SMILES string of the molecule is CNCC1CCCN1c1ccc(C#N)cc1[N+](=O)[O-]. The van der Waals surface area contributed by atoms with E-state index >= 15 is 0 Å². The Balaban J connectivity index is 2.38. The summed E-state index contributed by atoms with van der Waals surface area (Å²) in [6.07, 6.45) is 2.06. The summed E-state index contributed by atoms with van der Waals surface area (Å²) in [4.78, 5) is 12.8. The van der Waals surface area contributed by atoms with Gasteiger partial charge in [0.2, 0.25) is 0 Å². The summed E-state index contributed by atoms with van der Waals surface area (Å²) in [5.74, 6) is 0. The van der Waals surface area contributed by atoms with Crippen molar-refractivity contribution in [3.8, 4) is 6.07 Å². The molecule has 1 aromatic carbocycles. The summed E-state index contributed by atoms with van der Waals surface area (Å²) < 4.78 is 0. The van der Waals surface area contributed by atoms with Gasteiger partial charge in [-0.1, -0.05) is 0 Å². The van der Waals surface area contributed by atoms with Crippen molar-refractivity contribution in [2.45, 2.75) is 18.9 Å². The lowest BCUT2D eigenvalue weighted by Gasteiger charge is -2.26. The van der Waals surface area contributed by atoms with Gasteiger partial charge in [0.15, 0.2) is 0 Å². The Kier molecular flexibility index (Phi) is 3.97. The predicted molar refractivity (Wildman–Crippen MR) is 72.1 cm³/mol. The molecule has 0 spiro atoms. The average Bonchev–Trinajstić information content (AvgIpc) is 2.86. The van der Waals surface area contributed by atoms with Crippen LogP contribution < -0.4 is 10.2 Å². The van der Waals surface area contributed by atoms with E-state index in [0.717, 1.165) is 25.9 Å². The number of hydrogen-bond donors (Lipinski definition) is 1. The minimum Gasteiger partial charge on any atom is -0.362 e. The summed E-state index contributed by atoms with van der Waals surface area (Å²) in [5, 5.41) is 23.1. The third kappa shape index (κ3) is 2.66. The Labute approximate surface area is 111 Å². The van der Waals surface area contributed by atoms with E-state index in [0.29, 0.717) is 11.3 Å². The zero-order chi connectivity index (χ0) is 13.8. The molecule has 1 atom stereocenters. The minimum atomic E-state index is -0.412. The van der Waals surface area contributed by atoms with Crippen molar-refractivity contribution in [2.24, 2.45) is 0 Å². The largest absolute Gasteiger partial charge is 0.362 e. The molecule has 0 aliphatic carbocycles. The van der Waals surface area contributed by atoms with E-state index < -0.39 is 4.92 Å². The predicted octanol–water partition coefficient (Wildman–Crippen LogP) is 1.65. The number of anilines is 1. The summed E-state index contributed by atoms with van der Waals surface area (Å²) in [6.45, 7) is 1.62. The first-order valence-electron chi connectivity index (χ1n) is 6.27. The van der Waals surface area contributed by atoms with Gasteiger partial charge >= 0.3 is 0 Å². The molecule has 100 valence electrons. The zero-order valence-electron chi connectivity index (χ0n) is 10.8. The summed E-state index contributed by atoms with van der Waals surface area (Å²) >= 11 is 0. The fourth-order valence-corrected chi connectivity index (χ4v) is 2.58. The lowest BCUT2D eigenvalue weighted by atomic mass is 10.1. The second-order valence-corrected chi connectivity index (χ2v) is 4.62. The molecule has 1 saturated heterocycles. The van der Waals surface area contributed by atoms with Gasteiger partial charge in [0.1, 0.15) is 5.69 Å². The van der Waals surface area contributed by atoms with Gasteiger partial charge in [-0.3, -0.25) is 10.1 Å². The number of hydrogen-bond acceptors (Lipinski definition) is 5. The van der Waals surface area contributed by atoms with E-state index in [4.69, 9.17) is 5.26 Å². The highest BCUT2D eigenvalue weighted by Gasteiger charge is 2.29. The second kappa shape index (κ2) is 5.67. The lowest BCUT2D eigenvalue weighted by Crippen LogP contribution is -2.37. The molecule has 0 saturated carbocycles. The van der Waals surface area contributed by atoms with Crippen LogP contribution in [0.4, 0.5) is 11.4 Å². The lowest BCUT2D eigenvalue weighted by molar-refractivity contribution is -0.384. The molecule has 1 heterocycles. The summed E-state index contributed by atoms with van der Waals surface area (Å²) in [6, 6.07) is 6.89. The first-order valence-corrected chi connectivity index (χ1v) is 6.27. The van der Waals surface area contributed by atoms with Crippen molar-refractivity contribution in [1.29, 1.82) is 5.26 Å². The number of benzene rings is 1. The van der Waals surface area contributed by atoms with Gasteiger partial charge in [0.25, 0.3) is 5.69 Å². The molecule has 1 aromatic rings. The number of nitro benzene ring substituents is 1. The van der Waals surface area contributed by atoms with E-state index in [9.17, 15) is 10.1 Å². The maximum absolute atomic E-state index is 11.2. The minimum absolute atomic E-state index is 0.0158. The molecular weight excluding hydrogens is 244 g/mol. The highest BCUT2D eigenvalue weighted by atomic mass is 16.6. The van der Waals surface area contributed by atoms with Crippen molar-refractivity contribution in [1.82, 2.24) is 5.32 Å². The third-order valence-corrected chi connectivity index (χ3v) is 3.43. The molecule has 1 unspecified atom stereocenters. The molecule has 6 nitrogen and oxygen atoms in total. The number of likely N-dealkylation sites (N-methyl/N-ethyl adjacent to an activating group) is 1. The molecule has 0 amide bonds. The average molecular weight is 260 g/mol. The van der Waals surface area contributed by atoms with E-state index in [1.165, 1.54) is 6.07 Å². The molecular formula is C13H16N4O2. The van der Waals surface area contributed by atoms with Gasteiger partial charge in [0.05, 0.1) is 16.6 Å². The first kappa shape index (κ1) is 13.3. The standard InChI is InChI=1S/C13H16N4O2/c1-15-9-11-3-2-6-16(11)12-5-4-10(8-14)7-13(12)17(18)19/h4-5,7,11,15H,2-3,6,9H2,1H3. The fourth-order valence-electron chi connectivity index (χ4n) is 2.58. The van der Waals surface area contributed by atoms with Gasteiger partial charge in [-0.05, 0) is 32.0 Å². The van der Waals surface area contributed by atoms with Crippen molar-refractivity contribution in [3.05, 3.63) is 33.9 Å². The number of nitro groups is 1. The van der Waals surface area contributed by atoms with E-state index in [1.807, 2.05) is 13.1 Å². The molecule has 1 N–H and O–H groups in total. The van der Waals surface area contributed by atoms with Crippen LogP contribution in [0.2, 0.25) is 0 Å². The smallest absolute Gasteiger partial charge is 0.293 e. The summed E-state index contributed by atoms with van der Waals surface area (Å²) in [7, 11) is 1.88. The number of rotatable bonds is 4. The maximum atomic E-state index is 11.2. The molecule has 2 rings (SSSR count). The molecule has 6 heteroatoms. The fraction of sp³-hybridized carbons (Fsp3) is 0.462. The molecule has 1 fully saturated rings. The quantitative estimate of drug-likeness (QED) is 0.657. The molecule has 0 aromatic heterocycles. The van der Waals surface area contributed by atoms with Gasteiger partial charge in [-0.15, -0.1) is 0 Å². The van der Waals surface area contributed by atoms with Gasteiger partial charge in [-0.2, -0.15) is 5.26 Å². The van der Waals surface area contributed by atoms with Gasteiger partial charge < -0.3 is 10.2 Å². The summed E-state index contributed by atoms with van der Waals surface area (Å²) in [5.41, 5.74) is 0.948. The number of nitrogens with one attached hydrogen (secondary N) is 1. The van der Waals surface area contributed by atoms with Crippen LogP contribution in [0.25, 0.3) is 0 Å². The number of nitriles is 1. The Morgan fingerprint density at radius 2 is 2.42 bits per heavy atom. The van der Waals surface area contributed by atoms with E-state index in [-0.39, 0.29) is 11.7 Å². The van der Waals surface area contributed by atoms with Gasteiger partial charge in [-0.25, -0.2) is 0 Å².